The minimum atomic E-state index is -0.472. The molecule has 5 heteroatoms. The van der Waals surface area contributed by atoms with Crippen molar-refractivity contribution in [1.29, 1.82) is 0 Å². The zero-order valence-electron chi connectivity index (χ0n) is 9.85. The Morgan fingerprint density at radius 3 is 3.18 bits per heavy atom. The number of primary amides is 1. The molecule has 2 atom stereocenters. The van der Waals surface area contributed by atoms with Crippen LogP contribution in [0, 0.1) is 0 Å². The van der Waals surface area contributed by atoms with Crippen molar-refractivity contribution in [2.45, 2.75) is 31.9 Å². The van der Waals surface area contributed by atoms with Crippen molar-refractivity contribution in [3.8, 4) is 0 Å². The van der Waals surface area contributed by atoms with Crippen LogP contribution in [0.4, 0.5) is 5.82 Å². The molecule has 92 valence electrons. The molecule has 1 aliphatic heterocycles. The van der Waals surface area contributed by atoms with Gasteiger partial charge in [-0.15, -0.1) is 0 Å². The van der Waals surface area contributed by atoms with E-state index in [1.165, 1.54) is 0 Å². The van der Waals surface area contributed by atoms with Crippen molar-refractivity contribution in [2.75, 3.05) is 11.9 Å². The molecule has 1 saturated heterocycles. The molecule has 0 radical (unpaired) electrons. The van der Waals surface area contributed by atoms with Crippen LogP contribution >= 0.6 is 0 Å². The second-order valence-electron chi connectivity index (χ2n) is 4.25. The van der Waals surface area contributed by atoms with Gasteiger partial charge in [0.25, 0.3) is 5.91 Å². The van der Waals surface area contributed by atoms with E-state index in [9.17, 15) is 4.79 Å². The van der Waals surface area contributed by atoms with Gasteiger partial charge in [0.2, 0.25) is 0 Å². The lowest BCUT2D eigenvalue weighted by atomic mass is 10.1. The van der Waals surface area contributed by atoms with E-state index in [2.05, 4.69) is 10.3 Å². The fraction of sp³-hybridized carbons (Fsp3) is 0.500. The van der Waals surface area contributed by atoms with Crippen molar-refractivity contribution in [2.24, 2.45) is 5.73 Å². The number of pyridine rings is 1. The summed E-state index contributed by atoms with van der Waals surface area (Å²) in [5.74, 6) is 0.0585. The summed E-state index contributed by atoms with van der Waals surface area (Å²) in [4.78, 5) is 15.4. The molecular weight excluding hydrogens is 218 g/mol. The van der Waals surface area contributed by atoms with Gasteiger partial charge < -0.3 is 15.8 Å². The number of hydrogen-bond acceptors (Lipinski definition) is 4. The Morgan fingerprint density at radius 2 is 2.53 bits per heavy atom. The number of amides is 1. The summed E-state index contributed by atoms with van der Waals surface area (Å²) in [6.07, 6.45) is 3.93. The molecule has 1 aromatic rings. The molecule has 0 saturated carbocycles. The molecule has 3 N–H and O–H groups in total. The molecule has 2 rings (SSSR count). The summed E-state index contributed by atoms with van der Waals surface area (Å²) in [6.45, 7) is 2.83. The number of hydrogen-bond donors (Lipinski definition) is 2. The monoisotopic (exact) mass is 235 g/mol. The third-order valence-corrected chi connectivity index (χ3v) is 2.96. The Kier molecular flexibility index (Phi) is 3.58. The third kappa shape index (κ3) is 2.74. The van der Waals surface area contributed by atoms with Gasteiger partial charge in [0, 0.05) is 12.8 Å². The first-order valence-corrected chi connectivity index (χ1v) is 5.81. The Hall–Kier alpha value is -1.62. The maximum atomic E-state index is 11.2. The lowest BCUT2D eigenvalue weighted by molar-refractivity contribution is 0.0983. The molecule has 17 heavy (non-hydrogen) atoms. The van der Waals surface area contributed by atoms with E-state index in [1.807, 2.05) is 6.92 Å². The highest BCUT2D eigenvalue weighted by Crippen LogP contribution is 2.19. The zero-order valence-corrected chi connectivity index (χ0v) is 9.85. The van der Waals surface area contributed by atoms with Gasteiger partial charge in [-0.2, -0.15) is 0 Å². The molecule has 0 spiro atoms. The third-order valence-electron chi connectivity index (χ3n) is 2.96. The van der Waals surface area contributed by atoms with Crippen molar-refractivity contribution >= 4 is 11.7 Å². The predicted octanol–water partition coefficient (Wildman–Crippen LogP) is 1.16. The highest BCUT2D eigenvalue weighted by molar-refractivity contribution is 5.97. The van der Waals surface area contributed by atoms with E-state index >= 15 is 0 Å². The van der Waals surface area contributed by atoms with Gasteiger partial charge in [0.05, 0.1) is 17.7 Å². The number of anilines is 1. The number of nitrogens with zero attached hydrogens (tertiary/aromatic N) is 1. The second-order valence-corrected chi connectivity index (χ2v) is 4.25. The summed E-state index contributed by atoms with van der Waals surface area (Å²) in [5, 5.41) is 3.20. The molecule has 2 heterocycles. The van der Waals surface area contributed by atoms with Crippen LogP contribution in [0.1, 0.15) is 30.1 Å². The number of nitrogens with one attached hydrogen (secondary N) is 1. The summed E-state index contributed by atoms with van der Waals surface area (Å²) in [7, 11) is 0. The molecule has 0 bridgehead atoms. The molecular formula is C12H17N3O2. The molecule has 1 aromatic heterocycles. The molecule has 0 aromatic carbocycles. The molecule has 0 aliphatic carbocycles. The molecule has 1 amide bonds. The largest absolute Gasteiger partial charge is 0.376 e. The summed E-state index contributed by atoms with van der Waals surface area (Å²) in [5.41, 5.74) is 5.71. The highest BCUT2D eigenvalue weighted by atomic mass is 16.5. The Morgan fingerprint density at radius 1 is 1.71 bits per heavy atom. The first-order chi connectivity index (χ1) is 8.18. The maximum Gasteiger partial charge on any atom is 0.252 e. The summed E-state index contributed by atoms with van der Waals surface area (Å²) in [6, 6.07) is 3.48. The van der Waals surface area contributed by atoms with Gasteiger partial charge in [-0.05, 0) is 31.9 Å². The SMILES string of the molecule is CC(Nc1ncccc1C(N)=O)C1CCCO1. The minimum Gasteiger partial charge on any atom is -0.376 e. The molecule has 2 unspecified atom stereocenters. The van der Waals surface area contributed by atoms with Crippen LogP contribution in [0.25, 0.3) is 0 Å². The number of carbonyl (C=O) groups excluding carboxylic acids is 1. The van der Waals surface area contributed by atoms with E-state index < -0.39 is 5.91 Å². The lowest BCUT2D eigenvalue weighted by Crippen LogP contribution is -2.31. The van der Waals surface area contributed by atoms with Crippen LogP contribution in [0.3, 0.4) is 0 Å². The number of rotatable bonds is 4. The number of carbonyl (C=O) groups is 1. The maximum absolute atomic E-state index is 11.2. The van der Waals surface area contributed by atoms with E-state index in [4.69, 9.17) is 10.5 Å². The van der Waals surface area contributed by atoms with Crippen LogP contribution in [0.2, 0.25) is 0 Å². The average Bonchev–Trinajstić information content (AvgIpc) is 2.83. The smallest absolute Gasteiger partial charge is 0.252 e. The van der Waals surface area contributed by atoms with Crippen molar-refractivity contribution in [3.05, 3.63) is 23.9 Å². The number of nitrogens with two attached hydrogens (primary N) is 1. The highest BCUT2D eigenvalue weighted by Gasteiger charge is 2.23. The van der Waals surface area contributed by atoms with Crippen LogP contribution in [0.15, 0.2) is 18.3 Å². The first-order valence-electron chi connectivity index (χ1n) is 5.81. The van der Waals surface area contributed by atoms with Crippen LogP contribution < -0.4 is 11.1 Å². The van der Waals surface area contributed by atoms with E-state index in [1.54, 1.807) is 18.3 Å². The van der Waals surface area contributed by atoms with Gasteiger partial charge in [-0.3, -0.25) is 4.79 Å². The van der Waals surface area contributed by atoms with Gasteiger partial charge in [0.1, 0.15) is 5.82 Å². The van der Waals surface area contributed by atoms with Gasteiger partial charge in [-0.1, -0.05) is 0 Å². The van der Waals surface area contributed by atoms with Crippen LogP contribution in [0.5, 0.6) is 0 Å². The minimum absolute atomic E-state index is 0.116. The fourth-order valence-corrected chi connectivity index (χ4v) is 2.02. The second kappa shape index (κ2) is 5.14. The van der Waals surface area contributed by atoms with Crippen molar-refractivity contribution < 1.29 is 9.53 Å². The Bertz CT molecular complexity index is 402. The summed E-state index contributed by atoms with van der Waals surface area (Å²) >= 11 is 0. The lowest BCUT2D eigenvalue weighted by Gasteiger charge is -2.21. The number of aromatic nitrogens is 1. The predicted molar refractivity (Wildman–Crippen MR) is 64.8 cm³/mol. The summed E-state index contributed by atoms with van der Waals surface area (Å²) < 4.78 is 5.58. The van der Waals surface area contributed by atoms with E-state index in [-0.39, 0.29) is 12.1 Å². The standard InChI is InChI=1S/C12H17N3O2/c1-8(10-5-3-7-17-10)15-12-9(11(13)16)4-2-6-14-12/h2,4,6,8,10H,3,5,7H2,1H3,(H2,13,16)(H,14,15). The van der Waals surface area contributed by atoms with Crippen LogP contribution in [-0.4, -0.2) is 29.6 Å². The quantitative estimate of drug-likeness (QED) is 0.821. The fourth-order valence-electron chi connectivity index (χ4n) is 2.02. The van der Waals surface area contributed by atoms with Gasteiger partial charge >= 0.3 is 0 Å². The van der Waals surface area contributed by atoms with Crippen LogP contribution in [-0.2, 0) is 4.74 Å². The molecule has 1 aliphatic rings. The van der Waals surface area contributed by atoms with E-state index in [0.29, 0.717) is 11.4 Å². The Balaban J connectivity index is 2.09. The number of ether oxygens (including phenoxy) is 1. The Labute approximate surface area is 100 Å². The zero-order chi connectivity index (χ0) is 12.3. The molecule has 1 fully saturated rings. The van der Waals surface area contributed by atoms with Crippen molar-refractivity contribution in [3.63, 3.8) is 0 Å². The topological polar surface area (TPSA) is 77.2 Å². The van der Waals surface area contributed by atoms with Gasteiger partial charge in [0.15, 0.2) is 0 Å². The van der Waals surface area contributed by atoms with E-state index in [0.717, 1.165) is 19.4 Å². The van der Waals surface area contributed by atoms with Crippen molar-refractivity contribution in [1.82, 2.24) is 4.98 Å². The molecule has 5 nitrogen and oxygen atoms in total. The first kappa shape index (κ1) is 11.9. The normalized spacial score (nSPS) is 21.1. The van der Waals surface area contributed by atoms with Gasteiger partial charge in [-0.25, -0.2) is 4.98 Å². The average molecular weight is 235 g/mol.